The smallest absolute Gasteiger partial charge is 0.324 e. The van der Waals surface area contributed by atoms with Gasteiger partial charge in [0.2, 0.25) is 0 Å². The molecule has 0 spiro atoms. The van der Waals surface area contributed by atoms with E-state index in [4.69, 9.17) is 5.73 Å². The Balaban J connectivity index is 2.13. The molecular weight excluding hydrogens is 307 g/mol. The molecule has 0 amide bonds. The third-order valence-corrected chi connectivity index (χ3v) is 4.03. The average molecular weight is 322 g/mol. The molecule has 18 heavy (non-hydrogen) atoms. The lowest BCUT2D eigenvalue weighted by Gasteiger charge is -2.16. The van der Waals surface area contributed by atoms with Crippen LogP contribution in [0, 0.1) is 5.92 Å². The third kappa shape index (κ3) is 3.48. The predicted molar refractivity (Wildman–Crippen MR) is 68.0 cm³/mol. The maximum atomic E-state index is 12.6. The molecule has 0 aliphatic heterocycles. The maximum Gasteiger partial charge on any atom is 0.416 e. The Labute approximate surface area is 113 Å². The van der Waals surface area contributed by atoms with Crippen molar-refractivity contribution in [3.05, 3.63) is 33.8 Å². The highest BCUT2D eigenvalue weighted by Gasteiger charge is 2.31. The fraction of sp³-hybridized carbons (Fsp3) is 0.538. The lowest BCUT2D eigenvalue weighted by molar-refractivity contribution is -0.137. The minimum atomic E-state index is -4.31. The molecule has 1 unspecified atom stereocenters. The van der Waals surface area contributed by atoms with E-state index in [-0.39, 0.29) is 6.04 Å². The summed E-state index contributed by atoms with van der Waals surface area (Å²) in [7, 11) is 0. The number of nitrogens with two attached hydrogens (primary N) is 1. The summed E-state index contributed by atoms with van der Waals surface area (Å²) in [4.78, 5) is 0. The number of hydrogen-bond acceptors (Lipinski definition) is 1. The Bertz CT molecular complexity index is 427. The van der Waals surface area contributed by atoms with Gasteiger partial charge in [-0.25, -0.2) is 0 Å². The fourth-order valence-corrected chi connectivity index (χ4v) is 2.52. The predicted octanol–water partition coefficient (Wildman–Crippen LogP) is 4.66. The summed E-state index contributed by atoms with van der Waals surface area (Å²) in [5, 5.41) is 0. The number of rotatable bonds is 4. The van der Waals surface area contributed by atoms with Gasteiger partial charge in [-0.1, -0.05) is 28.8 Å². The summed E-state index contributed by atoms with van der Waals surface area (Å²) in [6.45, 7) is 0. The second-order valence-corrected chi connectivity index (χ2v) is 5.72. The van der Waals surface area contributed by atoms with Gasteiger partial charge in [0.05, 0.1) is 5.56 Å². The molecule has 1 saturated carbocycles. The van der Waals surface area contributed by atoms with Crippen LogP contribution in [0.25, 0.3) is 0 Å². The van der Waals surface area contributed by atoms with Crippen molar-refractivity contribution in [2.75, 3.05) is 0 Å². The molecule has 1 aliphatic rings. The largest absolute Gasteiger partial charge is 0.416 e. The highest BCUT2D eigenvalue weighted by atomic mass is 79.9. The first-order valence-electron chi connectivity index (χ1n) is 6.00. The van der Waals surface area contributed by atoms with Crippen LogP contribution in [-0.2, 0) is 6.18 Å². The lowest BCUT2D eigenvalue weighted by Crippen LogP contribution is -2.13. The summed E-state index contributed by atoms with van der Waals surface area (Å²) in [5.74, 6) is 0.737. The van der Waals surface area contributed by atoms with Crippen LogP contribution in [0.2, 0.25) is 0 Å². The molecule has 0 aromatic heterocycles. The first kappa shape index (κ1) is 13.9. The van der Waals surface area contributed by atoms with Crippen LogP contribution in [-0.4, -0.2) is 0 Å². The standard InChI is InChI=1S/C13H15BrF3N/c14-11-5-4-9(13(15,16)17)7-10(11)12(18)6-3-8-1-2-8/h4-5,7-8,12H,1-3,6,18H2. The molecule has 5 heteroatoms. The molecule has 2 N–H and O–H groups in total. The van der Waals surface area contributed by atoms with Crippen molar-refractivity contribution in [3.63, 3.8) is 0 Å². The first-order chi connectivity index (χ1) is 8.38. The van der Waals surface area contributed by atoms with Gasteiger partial charge in [-0.2, -0.15) is 13.2 Å². The number of hydrogen-bond donors (Lipinski definition) is 1. The Morgan fingerprint density at radius 2 is 2.00 bits per heavy atom. The van der Waals surface area contributed by atoms with Crippen LogP contribution in [0.4, 0.5) is 13.2 Å². The van der Waals surface area contributed by atoms with E-state index in [0.717, 1.165) is 30.9 Å². The Hall–Kier alpha value is -0.550. The van der Waals surface area contributed by atoms with Crippen LogP contribution in [0.15, 0.2) is 22.7 Å². The summed E-state index contributed by atoms with van der Waals surface area (Å²) in [5.41, 5.74) is 5.90. The van der Waals surface area contributed by atoms with Gasteiger partial charge >= 0.3 is 6.18 Å². The highest BCUT2D eigenvalue weighted by Crippen LogP contribution is 2.38. The van der Waals surface area contributed by atoms with Crippen LogP contribution in [0.1, 0.15) is 42.9 Å². The van der Waals surface area contributed by atoms with Crippen LogP contribution in [0.5, 0.6) is 0 Å². The van der Waals surface area contributed by atoms with E-state index in [0.29, 0.717) is 10.0 Å². The summed E-state index contributed by atoms with van der Waals surface area (Å²) >= 11 is 3.27. The quantitative estimate of drug-likeness (QED) is 0.857. The van der Waals surface area contributed by atoms with Gasteiger partial charge in [-0.05, 0) is 42.5 Å². The van der Waals surface area contributed by atoms with Gasteiger partial charge in [0, 0.05) is 10.5 Å². The van der Waals surface area contributed by atoms with Gasteiger partial charge in [0.15, 0.2) is 0 Å². The molecule has 1 nitrogen and oxygen atoms in total. The monoisotopic (exact) mass is 321 g/mol. The van der Waals surface area contributed by atoms with Crippen LogP contribution >= 0.6 is 15.9 Å². The molecule has 0 heterocycles. The van der Waals surface area contributed by atoms with E-state index in [9.17, 15) is 13.2 Å². The molecule has 0 bridgehead atoms. The summed E-state index contributed by atoms with van der Waals surface area (Å²) < 4.78 is 38.5. The fourth-order valence-electron chi connectivity index (χ4n) is 1.98. The van der Waals surface area contributed by atoms with Crippen molar-refractivity contribution < 1.29 is 13.2 Å². The molecule has 0 saturated heterocycles. The van der Waals surface area contributed by atoms with E-state index in [2.05, 4.69) is 15.9 Å². The average Bonchev–Trinajstić information content (AvgIpc) is 3.08. The zero-order chi connectivity index (χ0) is 13.3. The van der Waals surface area contributed by atoms with Crippen molar-refractivity contribution >= 4 is 15.9 Å². The van der Waals surface area contributed by atoms with Gasteiger partial charge in [0.1, 0.15) is 0 Å². The molecule has 1 aliphatic carbocycles. The molecule has 1 aromatic rings. The first-order valence-corrected chi connectivity index (χ1v) is 6.79. The Morgan fingerprint density at radius 1 is 1.33 bits per heavy atom. The normalized spacial score (nSPS) is 17.8. The Kier molecular flexibility index (Phi) is 4.02. The van der Waals surface area contributed by atoms with E-state index < -0.39 is 11.7 Å². The van der Waals surface area contributed by atoms with Gasteiger partial charge in [-0.15, -0.1) is 0 Å². The van der Waals surface area contributed by atoms with Gasteiger partial charge in [0.25, 0.3) is 0 Å². The number of halogens is 4. The maximum absolute atomic E-state index is 12.6. The molecule has 2 rings (SSSR count). The summed E-state index contributed by atoms with van der Waals surface area (Å²) in [6, 6.07) is 3.32. The molecule has 1 aromatic carbocycles. The van der Waals surface area contributed by atoms with Gasteiger partial charge in [-0.3, -0.25) is 0 Å². The molecular formula is C13H15BrF3N. The van der Waals surface area contributed by atoms with Crippen molar-refractivity contribution in [1.82, 2.24) is 0 Å². The molecule has 0 radical (unpaired) electrons. The SMILES string of the molecule is NC(CCC1CC1)c1cc(C(F)(F)F)ccc1Br. The minimum Gasteiger partial charge on any atom is -0.324 e. The highest BCUT2D eigenvalue weighted by molar-refractivity contribution is 9.10. The van der Waals surface area contributed by atoms with E-state index in [1.807, 2.05) is 0 Å². The summed E-state index contributed by atoms with van der Waals surface area (Å²) in [6.07, 6.45) is -0.104. The van der Waals surface area contributed by atoms with Crippen LogP contribution < -0.4 is 5.73 Å². The second kappa shape index (κ2) is 5.21. The zero-order valence-corrected chi connectivity index (χ0v) is 11.4. The topological polar surface area (TPSA) is 26.0 Å². The minimum absolute atomic E-state index is 0.331. The van der Waals surface area contributed by atoms with Crippen molar-refractivity contribution in [2.24, 2.45) is 11.7 Å². The molecule has 1 atom stereocenters. The number of alkyl halides is 3. The van der Waals surface area contributed by atoms with Gasteiger partial charge < -0.3 is 5.73 Å². The van der Waals surface area contributed by atoms with Crippen molar-refractivity contribution in [3.8, 4) is 0 Å². The molecule has 100 valence electrons. The zero-order valence-electron chi connectivity index (χ0n) is 9.80. The third-order valence-electron chi connectivity index (χ3n) is 3.31. The second-order valence-electron chi connectivity index (χ2n) is 4.86. The Morgan fingerprint density at radius 3 is 2.56 bits per heavy atom. The van der Waals surface area contributed by atoms with E-state index in [1.165, 1.54) is 18.9 Å². The number of benzene rings is 1. The van der Waals surface area contributed by atoms with Crippen molar-refractivity contribution in [1.29, 1.82) is 0 Å². The van der Waals surface area contributed by atoms with Crippen LogP contribution in [0.3, 0.4) is 0 Å². The van der Waals surface area contributed by atoms with Crippen molar-refractivity contribution in [2.45, 2.75) is 37.9 Å². The van der Waals surface area contributed by atoms with E-state index in [1.54, 1.807) is 0 Å². The molecule has 1 fully saturated rings. The van der Waals surface area contributed by atoms with E-state index >= 15 is 0 Å². The lowest BCUT2D eigenvalue weighted by atomic mass is 9.99.